The van der Waals surface area contributed by atoms with Crippen molar-refractivity contribution in [1.82, 2.24) is 42.2 Å². The lowest BCUT2D eigenvalue weighted by atomic mass is 10.0. The lowest BCUT2D eigenvalue weighted by Gasteiger charge is -2.26. The third kappa shape index (κ3) is 19.1. The molecule has 0 saturated carbocycles. The van der Waals surface area contributed by atoms with E-state index >= 15 is 0 Å². The highest BCUT2D eigenvalue weighted by molar-refractivity contribution is 7.98. The Labute approximate surface area is 411 Å². The van der Waals surface area contributed by atoms with Gasteiger partial charge in [0.2, 0.25) is 35.4 Å². The van der Waals surface area contributed by atoms with Gasteiger partial charge in [-0.15, -0.1) is 0 Å². The molecule has 0 fully saturated rings. The van der Waals surface area contributed by atoms with Crippen LogP contribution in [0.15, 0.2) is 85.1 Å². The summed E-state index contributed by atoms with van der Waals surface area (Å²) >= 11 is 1.42. The van der Waals surface area contributed by atoms with Crippen molar-refractivity contribution in [2.75, 3.05) is 25.1 Å². The Morgan fingerprint density at radius 1 is 0.671 bits per heavy atom. The summed E-state index contributed by atoms with van der Waals surface area (Å²) in [5, 5.41) is 38.6. The summed E-state index contributed by atoms with van der Waals surface area (Å²) in [5.41, 5.74) is 2.10. The lowest BCUT2D eigenvalue weighted by Crippen LogP contribution is -2.58. The van der Waals surface area contributed by atoms with Gasteiger partial charge in [0.05, 0.1) is 13.0 Å². The number of carboxylic acids is 1. The van der Waals surface area contributed by atoms with Crippen LogP contribution in [0.25, 0.3) is 10.9 Å². The molecule has 4 rings (SSSR count). The fourth-order valence-electron chi connectivity index (χ4n) is 7.27. The second-order valence-corrected chi connectivity index (χ2v) is 18.7. The summed E-state index contributed by atoms with van der Waals surface area (Å²) in [6.45, 7) is 6.45. The normalized spacial score (nSPS) is 13.3. The Bertz CT molecular complexity index is 2390. The van der Waals surface area contributed by atoms with Crippen molar-refractivity contribution in [2.24, 2.45) is 0 Å². The number of hydrogen-bond donors (Lipinski definition) is 10. The molecular weight excluding hydrogens is 921 g/mol. The third-order valence-electron chi connectivity index (χ3n) is 10.8. The fourth-order valence-corrected chi connectivity index (χ4v) is 7.74. The summed E-state index contributed by atoms with van der Waals surface area (Å²) in [7, 11) is 0. The predicted octanol–water partition coefficient (Wildman–Crippen LogP) is 3.38. The molecule has 378 valence electrons. The topological polar surface area (TPSA) is 286 Å². The van der Waals surface area contributed by atoms with Gasteiger partial charge in [-0.25, -0.2) is 4.79 Å². The van der Waals surface area contributed by atoms with Gasteiger partial charge in [-0.1, -0.05) is 80.4 Å². The van der Waals surface area contributed by atoms with Crippen molar-refractivity contribution in [3.63, 3.8) is 0 Å². The van der Waals surface area contributed by atoms with Crippen molar-refractivity contribution < 1.29 is 53.3 Å². The van der Waals surface area contributed by atoms with Gasteiger partial charge in [0.15, 0.2) is 0 Å². The molecule has 5 atom stereocenters. The summed E-state index contributed by atoms with van der Waals surface area (Å²) in [6.07, 6.45) is 3.70. The number of H-pyrrole nitrogens is 1. The van der Waals surface area contributed by atoms with E-state index in [1.165, 1.54) is 23.9 Å². The zero-order valence-corrected chi connectivity index (χ0v) is 41.0. The van der Waals surface area contributed by atoms with Gasteiger partial charge in [0, 0.05) is 36.5 Å². The van der Waals surface area contributed by atoms with Crippen molar-refractivity contribution >= 4 is 70.2 Å². The molecule has 0 aliphatic carbocycles. The highest BCUT2D eigenvalue weighted by Gasteiger charge is 2.32. The SMILES string of the molecule is CCCC[C@H](NC(=O)[C@@H](Cc1c[nH]c2ccccc12)NC(=O)CNC(=O)[C@H](CCSC)NC(=O)[C@H](Cc1ccc(O)cc1)NC(=O)OC(C)(C)C)C(=O)N[C@@H](CC(=O)O)C(=O)NCCc1ccccc1. The number of carbonyl (C=O) groups excluding carboxylic acids is 7. The first-order valence-corrected chi connectivity index (χ1v) is 24.6. The van der Waals surface area contributed by atoms with Gasteiger partial charge in [0.1, 0.15) is 41.6 Å². The number of aromatic hydroxyl groups is 1. The summed E-state index contributed by atoms with van der Waals surface area (Å²) in [6, 6.07) is 16.3. The van der Waals surface area contributed by atoms with E-state index in [1.807, 2.05) is 67.8 Å². The predicted molar refractivity (Wildman–Crippen MR) is 266 cm³/mol. The fraction of sp³-hybridized carbons (Fsp3) is 0.440. The van der Waals surface area contributed by atoms with E-state index < -0.39 is 96.3 Å². The molecule has 0 spiro atoms. The van der Waals surface area contributed by atoms with Crippen LogP contribution in [0.4, 0.5) is 4.79 Å². The monoisotopic (exact) mass is 986 g/mol. The first kappa shape index (κ1) is 55.5. The standard InChI is InChI=1S/C50H66N8O11S/c1-6-7-16-37(46(65)57-41(28-43(61)62)45(64)51-24-22-31-13-9-8-10-14-31)55-48(67)40(27-33-29-52-36-17-12-11-15-35(33)36)54-42(60)30-53-44(63)38(23-25-70-5)56-47(66)39(58-49(68)69-50(2,3)4)26-32-18-20-34(59)21-19-32/h8-15,17-21,29,37-41,52,59H,6-7,16,22-28,30H2,1-5H3,(H,51,64)(H,53,63)(H,54,60)(H,55,67)(H,56,66)(H,57,65)(H,58,68)(H,61,62)/t37-,38-,39-,40+,41-/m0/s1. The smallest absolute Gasteiger partial charge is 0.408 e. The molecule has 20 heteroatoms. The van der Waals surface area contributed by atoms with Gasteiger partial charge in [-0.3, -0.25) is 33.6 Å². The van der Waals surface area contributed by atoms with Crippen LogP contribution in [0, 0.1) is 0 Å². The number of benzene rings is 3. The van der Waals surface area contributed by atoms with Gasteiger partial charge in [-0.05, 0) is 86.9 Å². The highest BCUT2D eigenvalue weighted by Crippen LogP contribution is 2.20. The first-order chi connectivity index (χ1) is 33.3. The third-order valence-corrected chi connectivity index (χ3v) is 11.5. The molecule has 4 aromatic rings. The van der Waals surface area contributed by atoms with Crippen LogP contribution >= 0.6 is 11.8 Å². The zero-order chi connectivity index (χ0) is 51.2. The second-order valence-electron chi connectivity index (χ2n) is 17.7. The lowest BCUT2D eigenvalue weighted by molar-refractivity contribution is -0.141. The van der Waals surface area contributed by atoms with Gasteiger partial charge in [0.25, 0.3) is 0 Å². The largest absolute Gasteiger partial charge is 0.508 e. The maximum atomic E-state index is 14.3. The Hall–Kier alpha value is -7.09. The number of carbonyl (C=O) groups is 8. The number of phenols is 1. The Morgan fingerprint density at radius 2 is 1.27 bits per heavy atom. The molecule has 0 aliphatic heterocycles. The van der Waals surface area contributed by atoms with E-state index in [0.717, 1.165) is 16.5 Å². The van der Waals surface area contributed by atoms with E-state index in [4.69, 9.17) is 4.74 Å². The van der Waals surface area contributed by atoms with Crippen LogP contribution in [-0.4, -0.2) is 124 Å². The van der Waals surface area contributed by atoms with Gasteiger partial charge in [-0.2, -0.15) is 11.8 Å². The molecule has 0 radical (unpaired) electrons. The van der Waals surface area contributed by atoms with Crippen LogP contribution in [0.2, 0.25) is 0 Å². The zero-order valence-electron chi connectivity index (χ0n) is 40.2. The van der Waals surface area contributed by atoms with Crippen molar-refractivity contribution in [3.8, 4) is 5.75 Å². The number of alkyl carbamates (subject to hydrolysis) is 1. The molecule has 0 saturated heterocycles. The number of para-hydroxylation sites is 1. The maximum absolute atomic E-state index is 14.3. The molecule has 1 heterocycles. The van der Waals surface area contributed by atoms with E-state index in [2.05, 4.69) is 42.2 Å². The Kier molecular flexibility index (Phi) is 22.0. The molecule has 70 heavy (non-hydrogen) atoms. The number of thioether (sulfide) groups is 1. The quantitative estimate of drug-likeness (QED) is 0.0412. The van der Waals surface area contributed by atoms with E-state index in [0.29, 0.717) is 36.1 Å². The van der Waals surface area contributed by atoms with Crippen molar-refractivity contribution in [2.45, 2.75) is 115 Å². The number of nitrogens with one attached hydrogen (secondary N) is 8. The first-order valence-electron chi connectivity index (χ1n) is 23.2. The summed E-state index contributed by atoms with van der Waals surface area (Å²) < 4.78 is 5.39. The molecule has 1 aromatic heterocycles. The molecule has 0 bridgehead atoms. The van der Waals surface area contributed by atoms with Crippen LogP contribution in [0.5, 0.6) is 5.75 Å². The number of rotatable bonds is 27. The number of phenolic OH excluding ortho intramolecular Hbond substituents is 1. The van der Waals surface area contributed by atoms with Crippen LogP contribution < -0.4 is 37.2 Å². The molecule has 19 nitrogen and oxygen atoms in total. The van der Waals surface area contributed by atoms with E-state index in [9.17, 15) is 48.6 Å². The average Bonchev–Trinajstić information content (AvgIpc) is 3.72. The molecule has 7 amide bonds. The number of fused-ring (bicyclic) bond motifs is 1. The minimum absolute atomic E-state index is 0.00669. The minimum Gasteiger partial charge on any atom is -0.508 e. The van der Waals surface area contributed by atoms with E-state index in [1.54, 1.807) is 39.1 Å². The van der Waals surface area contributed by atoms with Crippen LogP contribution in [0.1, 0.15) is 76.5 Å². The second kappa shape index (κ2) is 27.8. The molecule has 0 unspecified atom stereocenters. The maximum Gasteiger partial charge on any atom is 0.408 e. The molecule has 10 N–H and O–H groups in total. The average molecular weight is 987 g/mol. The number of amides is 7. The molecule has 0 aliphatic rings. The summed E-state index contributed by atoms with van der Waals surface area (Å²) in [4.78, 5) is 110. The Morgan fingerprint density at radius 3 is 1.91 bits per heavy atom. The van der Waals surface area contributed by atoms with Crippen LogP contribution in [-0.2, 0) is 57.6 Å². The number of carboxylic acid groups (broad SMARTS) is 1. The van der Waals surface area contributed by atoms with Crippen molar-refractivity contribution in [1.29, 1.82) is 0 Å². The summed E-state index contributed by atoms with van der Waals surface area (Å²) in [5.74, 6) is -5.34. The molecular formula is C50H66N8O11S. The number of aromatic nitrogens is 1. The number of hydrogen-bond acceptors (Lipinski definition) is 11. The van der Waals surface area contributed by atoms with Gasteiger partial charge < -0.3 is 57.2 Å². The number of aromatic amines is 1. The number of ether oxygens (including phenoxy) is 1. The molecule has 3 aromatic carbocycles. The number of unbranched alkanes of at least 4 members (excludes halogenated alkanes) is 1. The van der Waals surface area contributed by atoms with Crippen molar-refractivity contribution in [3.05, 3.63) is 102 Å². The van der Waals surface area contributed by atoms with E-state index in [-0.39, 0.29) is 38.0 Å². The Balaban J connectivity index is 1.50. The highest BCUT2D eigenvalue weighted by atomic mass is 32.2. The van der Waals surface area contributed by atoms with Crippen LogP contribution in [0.3, 0.4) is 0 Å². The minimum atomic E-state index is -1.46. The number of aliphatic carboxylic acids is 1. The van der Waals surface area contributed by atoms with Gasteiger partial charge >= 0.3 is 12.1 Å².